The summed E-state index contributed by atoms with van der Waals surface area (Å²) in [5.41, 5.74) is 1.28. The molecular formula is C19H28IN3OS. The van der Waals surface area contributed by atoms with Crippen molar-refractivity contribution in [1.82, 2.24) is 10.6 Å². The van der Waals surface area contributed by atoms with Crippen molar-refractivity contribution in [2.45, 2.75) is 32.8 Å². The molecule has 0 aliphatic rings. The van der Waals surface area contributed by atoms with E-state index in [9.17, 15) is 0 Å². The molecule has 0 amide bonds. The summed E-state index contributed by atoms with van der Waals surface area (Å²) in [4.78, 5) is 5.65. The number of ether oxygens (including phenoxy) is 1. The molecule has 1 aromatic carbocycles. The summed E-state index contributed by atoms with van der Waals surface area (Å²) in [6.07, 6.45) is 2.18. The topological polar surface area (TPSA) is 45.7 Å². The fourth-order valence-corrected chi connectivity index (χ4v) is 3.02. The number of nitrogens with one attached hydrogen (secondary N) is 2. The van der Waals surface area contributed by atoms with Crippen LogP contribution in [0, 0.1) is 0 Å². The Morgan fingerprint density at radius 1 is 1.08 bits per heavy atom. The first-order valence-electron chi connectivity index (χ1n) is 8.40. The molecule has 0 saturated carbocycles. The van der Waals surface area contributed by atoms with Crippen LogP contribution in [0.25, 0.3) is 0 Å². The minimum Gasteiger partial charge on any atom is -0.491 e. The first-order valence-corrected chi connectivity index (χ1v) is 9.28. The molecule has 0 saturated heterocycles. The fourth-order valence-electron chi connectivity index (χ4n) is 2.31. The van der Waals surface area contributed by atoms with Gasteiger partial charge < -0.3 is 15.4 Å². The highest BCUT2D eigenvalue weighted by atomic mass is 127. The van der Waals surface area contributed by atoms with E-state index >= 15 is 0 Å². The van der Waals surface area contributed by atoms with Crippen molar-refractivity contribution in [3.63, 3.8) is 0 Å². The van der Waals surface area contributed by atoms with Crippen molar-refractivity contribution in [3.8, 4) is 5.75 Å². The molecule has 0 aliphatic heterocycles. The summed E-state index contributed by atoms with van der Waals surface area (Å²) in [6.45, 7) is 5.81. The monoisotopic (exact) mass is 473 g/mol. The first kappa shape index (κ1) is 21.8. The summed E-state index contributed by atoms with van der Waals surface area (Å²) in [7, 11) is 1.80. The number of halogens is 1. The van der Waals surface area contributed by atoms with E-state index in [1.807, 2.05) is 26.0 Å². The Bertz CT molecular complexity index is 612. The van der Waals surface area contributed by atoms with Crippen molar-refractivity contribution < 1.29 is 4.74 Å². The highest BCUT2D eigenvalue weighted by Gasteiger charge is 2.01. The standard InChI is InChI=1S/C19H27N3OS.HI/c1-15(2)23-17-8-6-16(7-9-17)10-12-21-19(20-3)22-13-11-18-5-4-14-24-18;/h4-9,14-15H,10-13H2,1-3H3,(H2,20,21,22);1H. The third-order valence-corrected chi connectivity index (χ3v) is 4.40. The molecule has 0 bridgehead atoms. The van der Waals surface area contributed by atoms with Gasteiger partial charge in [-0.2, -0.15) is 0 Å². The maximum absolute atomic E-state index is 5.66. The van der Waals surface area contributed by atoms with Crippen molar-refractivity contribution in [3.05, 3.63) is 52.2 Å². The van der Waals surface area contributed by atoms with E-state index in [0.29, 0.717) is 0 Å². The zero-order valence-electron chi connectivity index (χ0n) is 15.1. The van der Waals surface area contributed by atoms with Crippen LogP contribution in [-0.4, -0.2) is 32.2 Å². The number of hydrogen-bond acceptors (Lipinski definition) is 3. The number of hydrogen-bond donors (Lipinski definition) is 2. The zero-order chi connectivity index (χ0) is 17.2. The van der Waals surface area contributed by atoms with E-state index < -0.39 is 0 Å². The second-order valence-electron chi connectivity index (χ2n) is 5.82. The molecule has 2 aromatic rings. The average molecular weight is 473 g/mol. The maximum Gasteiger partial charge on any atom is 0.190 e. The van der Waals surface area contributed by atoms with Crippen molar-refractivity contribution >= 4 is 41.3 Å². The molecular weight excluding hydrogens is 445 g/mol. The van der Waals surface area contributed by atoms with Crippen molar-refractivity contribution in [2.75, 3.05) is 20.1 Å². The van der Waals surface area contributed by atoms with Crippen molar-refractivity contribution in [1.29, 1.82) is 0 Å². The Morgan fingerprint density at radius 2 is 1.76 bits per heavy atom. The number of nitrogens with zero attached hydrogens (tertiary/aromatic N) is 1. The molecule has 0 fully saturated rings. The average Bonchev–Trinajstić information content (AvgIpc) is 3.08. The number of aliphatic imine (C=N–C) groups is 1. The van der Waals surface area contributed by atoms with E-state index in [2.05, 4.69) is 45.3 Å². The highest BCUT2D eigenvalue weighted by molar-refractivity contribution is 14.0. The van der Waals surface area contributed by atoms with Crippen molar-refractivity contribution in [2.24, 2.45) is 4.99 Å². The van der Waals surface area contributed by atoms with Crippen LogP contribution in [-0.2, 0) is 12.8 Å². The normalized spacial score (nSPS) is 11.1. The Balaban J connectivity index is 0.00000312. The first-order chi connectivity index (χ1) is 11.7. The van der Waals surface area contributed by atoms with Gasteiger partial charge in [-0.3, -0.25) is 4.99 Å². The third-order valence-electron chi connectivity index (χ3n) is 3.47. The zero-order valence-corrected chi connectivity index (χ0v) is 18.3. The third kappa shape index (κ3) is 8.58. The molecule has 6 heteroatoms. The maximum atomic E-state index is 5.66. The molecule has 0 aliphatic carbocycles. The number of guanidine groups is 1. The lowest BCUT2D eigenvalue weighted by Crippen LogP contribution is -2.39. The van der Waals surface area contributed by atoms with E-state index in [0.717, 1.165) is 37.6 Å². The molecule has 4 nitrogen and oxygen atoms in total. The van der Waals surface area contributed by atoms with Gasteiger partial charge in [-0.05, 0) is 55.8 Å². The second-order valence-corrected chi connectivity index (χ2v) is 6.85. The Hall–Kier alpha value is -1.28. The SMILES string of the molecule is CN=C(NCCc1ccc(OC(C)C)cc1)NCCc1cccs1.I. The second kappa shape index (κ2) is 12.1. The molecule has 2 N–H and O–H groups in total. The van der Waals surface area contributed by atoms with Gasteiger partial charge in [0.05, 0.1) is 6.10 Å². The van der Waals surface area contributed by atoms with Gasteiger partial charge in [-0.25, -0.2) is 0 Å². The quantitative estimate of drug-likeness (QED) is 0.345. The van der Waals surface area contributed by atoms with Gasteiger partial charge in [0.25, 0.3) is 0 Å². The minimum absolute atomic E-state index is 0. The molecule has 2 rings (SSSR count). The van der Waals surface area contributed by atoms with Crippen LogP contribution in [0.5, 0.6) is 5.75 Å². The molecule has 0 atom stereocenters. The Kier molecular flexibility index (Phi) is 10.6. The summed E-state index contributed by atoms with van der Waals surface area (Å²) in [5, 5.41) is 8.82. The van der Waals surface area contributed by atoms with E-state index in [4.69, 9.17) is 4.74 Å². The Labute approximate surface area is 172 Å². The predicted molar refractivity (Wildman–Crippen MR) is 119 cm³/mol. The van der Waals surface area contributed by atoms with Crippen LogP contribution in [0.15, 0.2) is 46.8 Å². The van der Waals surface area contributed by atoms with E-state index in [1.54, 1.807) is 18.4 Å². The van der Waals surface area contributed by atoms with Gasteiger partial charge in [0.2, 0.25) is 0 Å². The minimum atomic E-state index is 0. The highest BCUT2D eigenvalue weighted by Crippen LogP contribution is 2.14. The lowest BCUT2D eigenvalue weighted by atomic mass is 10.1. The largest absolute Gasteiger partial charge is 0.491 e. The molecule has 0 spiro atoms. The number of thiophene rings is 1. The predicted octanol–water partition coefficient (Wildman–Crippen LogP) is 4.10. The van der Waals surface area contributed by atoms with Crippen LogP contribution in [0.2, 0.25) is 0 Å². The number of benzene rings is 1. The Morgan fingerprint density at radius 3 is 2.32 bits per heavy atom. The van der Waals surface area contributed by atoms with Gasteiger partial charge >= 0.3 is 0 Å². The van der Waals surface area contributed by atoms with Gasteiger partial charge in [-0.1, -0.05) is 18.2 Å². The summed E-state index contributed by atoms with van der Waals surface area (Å²) < 4.78 is 5.66. The van der Waals surface area contributed by atoms with E-state index in [-0.39, 0.29) is 30.1 Å². The summed E-state index contributed by atoms with van der Waals surface area (Å²) in [5.74, 6) is 1.78. The molecule has 1 heterocycles. The van der Waals surface area contributed by atoms with Gasteiger partial charge in [0.1, 0.15) is 5.75 Å². The number of rotatable bonds is 8. The van der Waals surface area contributed by atoms with Crippen LogP contribution >= 0.6 is 35.3 Å². The molecule has 138 valence electrons. The van der Waals surface area contributed by atoms with E-state index in [1.165, 1.54) is 10.4 Å². The summed E-state index contributed by atoms with van der Waals surface area (Å²) in [6, 6.07) is 12.5. The lowest BCUT2D eigenvalue weighted by Gasteiger charge is -2.12. The smallest absolute Gasteiger partial charge is 0.190 e. The summed E-state index contributed by atoms with van der Waals surface area (Å²) >= 11 is 1.79. The molecule has 0 unspecified atom stereocenters. The fraction of sp³-hybridized carbons (Fsp3) is 0.421. The molecule has 1 aromatic heterocycles. The van der Waals surface area contributed by atoms with Gasteiger partial charge in [0.15, 0.2) is 5.96 Å². The van der Waals surface area contributed by atoms with Crippen LogP contribution in [0.1, 0.15) is 24.3 Å². The molecule has 0 radical (unpaired) electrons. The van der Waals surface area contributed by atoms with Gasteiger partial charge in [-0.15, -0.1) is 35.3 Å². The molecule has 25 heavy (non-hydrogen) atoms. The van der Waals surface area contributed by atoms with Crippen LogP contribution in [0.4, 0.5) is 0 Å². The van der Waals surface area contributed by atoms with Crippen LogP contribution < -0.4 is 15.4 Å². The van der Waals surface area contributed by atoms with Gasteiger partial charge in [0, 0.05) is 25.0 Å². The lowest BCUT2D eigenvalue weighted by molar-refractivity contribution is 0.242. The van der Waals surface area contributed by atoms with Crippen LogP contribution in [0.3, 0.4) is 0 Å².